The molecule has 30 heavy (non-hydrogen) atoms. The van der Waals surface area contributed by atoms with Gasteiger partial charge >= 0.3 is 0 Å². The largest absolute Gasteiger partial charge is 0.356 e. The van der Waals surface area contributed by atoms with Crippen LogP contribution in [0.1, 0.15) is 10.7 Å². The van der Waals surface area contributed by atoms with E-state index in [9.17, 15) is 4.79 Å². The van der Waals surface area contributed by atoms with E-state index >= 15 is 0 Å². The predicted molar refractivity (Wildman–Crippen MR) is 123 cm³/mol. The van der Waals surface area contributed by atoms with Gasteiger partial charge in [0.2, 0.25) is 5.91 Å². The number of likely N-dealkylation sites (N-methyl/N-ethyl adjacent to an activating group) is 1. The van der Waals surface area contributed by atoms with Gasteiger partial charge in [0.25, 0.3) is 0 Å². The Hall–Kier alpha value is -3.13. The maximum atomic E-state index is 12.0. The maximum absolute atomic E-state index is 12.0. The van der Waals surface area contributed by atoms with Crippen molar-refractivity contribution in [3.8, 4) is 11.3 Å². The third-order valence-electron chi connectivity index (χ3n) is 4.56. The normalized spacial score (nSPS) is 11.4. The SMILES string of the molecule is CN(C)C(=O)CN=C(NCCc1cccs1)N(C)Cc1ncc(-c2ccccc2)[nH]1. The highest BCUT2D eigenvalue weighted by atomic mass is 32.1. The number of amides is 1. The van der Waals surface area contributed by atoms with Gasteiger partial charge in [0.05, 0.1) is 18.4 Å². The summed E-state index contributed by atoms with van der Waals surface area (Å²) in [5.74, 6) is 1.48. The van der Waals surface area contributed by atoms with E-state index in [1.54, 1.807) is 30.3 Å². The first-order chi connectivity index (χ1) is 14.5. The minimum Gasteiger partial charge on any atom is -0.356 e. The molecule has 0 fully saturated rings. The summed E-state index contributed by atoms with van der Waals surface area (Å²) < 4.78 is 0. The third kappa shape index (κ3) is 6.18. The number of guanidine groups is 1. The van der Waals surface area contributed by atoms with Crippen molar-refractivity contribution < 1.29 is 4.79 Å². The molecule has 0 saturated heterocycles. The number of benzene rings is 1. The van der Waals surface area contributed by atoms with Crippen molar-refractivity contribution in [2.24, 2.45) is 4.99 Å². The molecule has 2 N–H and O–H groups in total. The van der Waals surface area contributed by atoms with Crippen LogP contribution in [-0.2, 0) is 17.8 Å². The lowest BCUT2D eigenvalue weighted by molar-refractivity contribution is -0.127. The van der Waals surface area contributed by atoms with Gasteiger partial charge in [0, 0.05) is 32.6 Å². The summed E-state index contributed by atoms with van der Waals surface area (Å²) in [4.78, 5) is 29.2. The number of aromatic nitrogens is 2. The number of thiophene rings is 1. The van der Waals surface area contributed by atoms with Gasteiger partial charge in [-0.15, -0.1) is 11.3 Å². The summed E-state index contributed by atoms with van der Waals surface area (Å²) >= 11 is 1.74. The number of rotatable bonds is 8. The summed E-state index contributed by atoms with van der Waals surface area (Å²) in [6, 6.07) is 14.3. The Morgan fingerprint density at radius 3 is 2.67 bits per heavy atom. The Kier molecular flexibility index (Phi) is 7.62. The summed E-state index contributed by atoms with van der Waals surface area (Å²) in [7, 11) is 5.42. The van der Waals surface area contributed by atoms with Crippen LogP contribution in [0, 0.1) is 0 Å². The van der Waals surface area contributed by atoms with Crippen LogP contribution in [0.25, 0.3) is 11.3 Å². The zero-order chi connectivity index (χ0) is 21.3. The van der Waals surface area contributed by atoms with E-state index in [2.05, 4.69) is 37.8 Å². The fourth-order valence-electron chi connectivity index (χ4n) is 2.85. The van der Waals surface area contributed by atoms with E-state index in [1.165, 1.54) is 4.88 Å². The summed E-state index contributed by atoms with van der Waals surface area (Å²) in [6.45, 7) is 1.40. The fraction of sp³-hybridized carbons (Fsp3) is 0.318. The molecule has 0 atom stereocenters. The Balaban J connectivity index is 1.65. The van der Waals surface area contributed by atoms with Crippen molar-refractivity contribution in [1.29, 1.82) is 0 Å². The molecule has 0 aliphatic carbocycles. The van der Waals surface area contributed by atoms with E-state index in [0.29, 0.717) is 12.5 Å². The summed E-state index contributed by atoms with van der Waals surface area (Å²) in [5.41, 5.74) is 2.07. The van der Waals surface area contributed by atoms with Crippen molar-refractivity contribution in [2.75, 3.05) is 34.2 Å². The van der Waals surface area contributed by atoms with Gasteiger partial charge in [0.15, 0.2) is 5.96 Å². The maximum Gasteiger partial charge on any atom is 0.243 e. The molecular formula is C22H28N6OS. The van der Waals surface area contributed by atoms with Gasteiger partial charge in [0.1, 0.15) is 12.4 Å². The first kappa shape index (κ1) is 21.6. The molecule has 158 valence electrons. The van der Waals surface area contributed by atoms with Gasteiger partial charge in [-0.25, -0.2) is 9.98 Å². The minimum atomic E-state index is -0.0367. The van der Waals surface area contributed by atoms with Crippen LogP contribution >= 0.6 is 11.3 Å². The van der Waals surface area contributed by atoms with Crippen molar-refractivity contribution in [3.63, 3.8) is 0 Å². The number of H-pyrrole nitrogens is 1. The Bertz CT molecular complexity index is 949. The topological polar surface area (TPSA) is 76.6 Å². The van der Waals surface area contributed by atoms with Crippen LogP contribution in [0.2, 0.25) is 0 Å². The molecule has 2 heterocycles. The number of carbonyl (C=O) groups excluding carboxylic acids is 1. The lowest BCUT2D eigenvalue weighted by Gasteiger charge is -2.22. The molecule has 0 radical (unpaired) electrons. The standard InChI is InChI=1S/C22H28N6OS/c1-27(2)21(29)15-25-22(23-12-11-18-10-7-13-30-18)28(3)16-20-24-14-19(26-20)17-8-5-4-6-9-17/h4-10,13-14H,11-12,15-16H2,1-3H3,(H,23,25)(H,24,26). The van der Waals surface area contributed by atoms with Crippen molar-refractivity contribution in [3.05, 3.63) is 64.7 Å². The van der Waals surface area contributed by atoms with Crippen LogP contribution in [0.4, 0.5) is 0 Å². The van der Waals surface area contributed by atoms with Crippen LogP contribution in [-0.4, -0.2) is 65.9 Å². The van der Waals surface area contributed by atoms with Gasteiger partial charge < -0.3 is 20.1 Å². The molecule has 8 heteroatoms. The van der Waals surface area contributed by atoms with Crippen LogP contribution in [0.15, 0.2) is 59.0 Å². The molecule has 1 aromatic carbocycles. The van der Waals surface area contributed by atoms with Gasteiger partial charge in [-0.3, -0.25) is 4.79 Å². The molecule has 3 rings (SSSR count). The molecule has 1 amide bonds. The van der Waals surface area contributed by atoms with E-state index in [4.69, 9.17) is 0 Å². The van der Waals surface area contributed by atoms with Gasteiger partial charge in [-0.1, -0.05) is 36.4 Å². The quantitative estimate of drug-likeness (QED) is 0.431. The zero-order valence-corrected chi connectivity index (χ0v) is 18.4. The molecule has 2 aromatic heterocycles. The summed E-state index contributed by atoms with van der Waals surface area (Å²) in [5, 5.41) is 5.46. The molecule has 7 nitrogen and oxygen atoms in total. The Labute approximate surface area is 181 Å². The Morgan fingerprint density at radius 2 is 1.97 bits per heavy atom. The number of imidazole rings is 1. The first-order valence-corrected chi connectivity index (χ1v) is 10.7. The van der Waals surface area contributed by atoms with Crippen LogP contribution in [0.3, 0.4) is 0 Å². The van der Waals surface area contributed by atoms with Crippen molar-refractivity contribution >= 4 is 23.2 Å². The average Bonchev–Trinajstić information content (AvgIpc) is 3.43. The number of nitrogens with one attached hydrogen (secondary N) is 2. The second kappa shape index (κ2) is 10.6. The van der Waals surface area contributed by atoms with E-state index < -0.39 is 0 Å². The van der Waals surface area contributed by atoms with Crippen LogP contribution in [0.5, 0.6) is 0 Å². The number of carbonyl (C=O) groups is 1. The third-order valence-corrected chi connectivity index (χ3v) is 5.50. The van der Waals surface area contributed by atoms with E-state index in [0.717, 1.165) is 30.0 Å². The predicted octanol–water partition coefficient (Wildman–Crippen LogP) is 2.85. The molecule has 0 aliphatic heterocycles. The highest BCUT2D eigenvalue weighted by Gasteiger charge is 2.12. The summed E-state index contributed by atoms with van der Waals surface area (Å²) in [6.07, 6.45) is 2.75. The molecule has 0 bridgehead atoms. The zero-order valence-electron chi connectivity index (χ0n) is 17.6. The highest BCUT2D eigenvalue weighted by Crippen LogP contribution is 2.16. The molecular weight excluding hydrogens is 396 g/mol. The molecule has 0 unspecified atom stereocenters. The van der Waals surface area contributed by atoms with Crippen molar-refractivity contribution in [1.82, 2.24) is 25.1 Å². The highest BCUT2D eigenvalue weighted by molar-refractivity contribution is 7.09. The monoisotopic (exact) mass is 424 g/mol. The van der Waals surface area contributed by atoms with Gasteiger partial charge in [-0.2, -0.15) is 0 Å². The lowest BCUT2D eigenvalue weighted by Crippen LogP contribution is -2.40. The van der Waals surface area contributed by atoms with E-state index in [-0.39, 0.29) is 12.5 Å². The minimum absolute atomic E-state index is 0.0367. The number of aromatic amines is 1. The first-order valence-electron chi connectivity index (χ1n) is 9.84. The van der Waals surface area contributed by atoms with Crippen LogP contribution < -0.4 is 5.32 Å². The fourth-order valence-corrected chi connectivity index (χ4v) is 3.56. The number of hydrogen-bond acceptors (Lipinski definition) is 4. The molecule has 3 aromatic rings. The number of nitrogens with zero attached hydrogens (tertiary/aromatic N) is 4. The van der Waals surface area contributed by atoms with Crippen molar-refractivity contribution in [2.45, 2.75) is 13.0 Å². The second-order valence-electron chi connectivity index (χ2n) is 7.15. The molecule has 0 aliphatic rings. The number of aliphatic imine (C=N–C) groups is 1. The van der Waals surface area contributed by atoms with E-state index in [1.807, 2.05) is 48.5 Å². The smallest absolute Gasteiger partial charge is 0.243 e. The average molecular weight is 425 g/mol. The van der Waals surface area contributed by atoms with Gasteiger partial charge in [-0.05, 0) is 23.4 Å². The number of hydrogen-bond donors (Lipinski definition) is 2. The molecule has 0 spiro atoms. The lowest BCUT2D eigenvalue weighted by atomic mass is 10.2. The Morgan fingerprint density at radius 1 is 1.17 bits per heavy atom. The molecule has 0 saturated carbocycles. The second-order valence-corrected chi connectivity index (χ2v) is 8.18.